The molecule has 0 saturated carbocycles. The second-order valence-electron chi connectivity index (χ2n) is 4.24. The van der Waals surface area contributed by atoms with E-state index >= 15 is 0 Å². The summed E-state index contributed by atoms with van der Waals surface area (Å²) in [5.74, 6) is 0.996. The highest BCUT2D eigenvalue weighted by Gasteiger charge is 2.23. The molecule has 0 amide bonds. The van der Waals surface area contributed by atoms with Crippen LogP contribution in [-0.2, 0) is 4.74 Å². The minimum atomic E-state index is 0.0687. The summed E-state index contributed by atoms with van der Waals surface area (Å²) in [4.78, 5) is 4.17. The molecule has 2 aromatic rings. The third-order valence-corrected chi connectivity index (χ3v) is 3.09. The normalized spacial score (nSPS) is 16.6. The highest BCUT2D eigenvalue weighted by Crippen LogP contribution is 2.28. The van der Waals surface area contributed by atoms with Gasteiger partial charge < -0.3 is 10.1 Å². The van der Waals surface area contributed by atoms with Gasteiger partial charge in [-0.05, 0) is 12.6 Å². The zero-order valence-electron chi connectivity index (χ0n) is 10.3. The van der Waals surface area contributed by atoms with Crippen LogP contribution in [-0.4, -0.2) is 27.7 Å². The zero-order valence-corrected chi connectivity index (χ0v) is 10.3. The van der Waals surface area contributed by atoms with Gasteiger partial charge in [0.15, 0.2) is 0 Å². The molecule has 2 aromatic heterocycles. The summed E-state index contributed by atoms with van der Waals surface area (Å²) in [6.07, 6.45) is 10.4. The van der Waals surface area contributed by atoms with Gasteiger partial charge >= 0.3 is 0 Å². The molecule has 0 fully saturated rings. The number of nitrogens with zero attached hydrogens (tertiary/aromatic N) is 3. The van der Waals surface area contributed by atoms with E-state index in [1.54, 1.807) is 6.20 Å². The Hall–Kier alpha value is -1.88. The maximum atomic E-state index is 5.68. The predicted molar refractivity (Wildman–Crippen MR) is 68.1 cm³/mol. The lowest BCUT2D eigenvalue weighted by Gasteiger charge is -2.18. The van der Waals surface area contributed by atoms with E-state index in [9.17, 15) is 0 Å². The van der Waals surface area contributed by atoms with Crippen molar-refractivity contribution in [3.05, 3.63) is 42.2 Å². The van der Waals surface area contributed by atoms with Crippen LogP contribution in [0.4, 0.5) is 0 Å². The first-order chi connectivity index (χ1) is 8.90. The number of nitrogens with one attached hydrogen (secondary N) is 1. The van der Waals surface area contributed by atoms with Crippen molar-refractivity contribution in [2.75, 3.05) is 13.2 Å². The van der Waals surface area contributed by atoms with Crippen LogP contribution < -0.4 is 5.32 Å². The van der Waals surface area contributed by atoms with Crippen LogP contribution in [0.2, 0.25) is 0 Å². The molecule has 3 heterocycles. The Morgan fingerprint density at radius 3 is 3.22 bits per heavy atom. The quantitative estimate of drug-likeness (QED) is 0.889. The fraction of sp³-hybridized carbons (Fsp3) is 0.385. The van der Waals surface area contributed by atoms with Crippen LogP contribution in [0, 0.1) is 0 Å². The van der Waals surface area contributed by atoms with Crippen LogP contribution in [0.1, 0.15) is 24.9 Å². The lowest BCUT2D eigenvalue weighted by Crippen LogP contribution is -2.23. The molecule has 0 aromatic carbocycles. The SMILES string of the molecule is CCNC(C1=CCCO1)c1cnn2ccncc12. The molecule has 0 aliphatic carbocycles. The van der Waals surface area contributed by atoms with Crippen molar-refractivity contribution in [3.63, 3.8) is 0 Å². The van der Waals surface area contributed by atoms with Gasteiger partial charge in [-0.2, -0.15) is 5.10 Å². The summed E-state index contributed by atoms with van der Waals surface area (Å²) >= 11 is 0. The van der Waals surface area contributed by atoms with E-state index in [0.29, 0.717) is 0 Å². The molecule has 1 atom stereocenters. The molecule has 1 aliphatic rings. The minimum Gasteiger partial charge on any atom is -0.496 e. The molecule has 18 heavy (non-hydrogen) atoms. The number of aromatic nitrogens is 3. The van der Waals surface area contributed by atoms with E-state index in [0.717, 1.165) is 36.4 Å². The summed E-state index contributed by atoms with van der Waals surface area (Å²) in [5.41, 5.74) is 2.12. The van der Waals surface area contributed by atoms with E-state index in [1.165, 1.54) is 0 Å². The first-order valence-corrected chi connectivity index (χ1v) is 6.23. The van der Waals surface area contributed by atoms with Gasteiger partial charge in [0, 0.05) is 24.4 Å². The number of hydrogen-bond acceptors (Lipinski definition) is 4. The van der Waals surface area contributed by atoms with Crippen molar-refractivity contribution in [1.82, 2.24) is 19.9 Å². The Labute approximate surface area is 105 Å². The first-order valence-electron chi connectivity index (χ1n) is 6.23. The number of ether oxygens (including phenoxy) is 1. The van der Waals surface area contributed by atoms with E-state index in [-0.39, 0.29) is 6.04 Å². The fourth-order valence-corrected chi connectivity index (χ4v) is 2.28. The summed E-state index contributed by atoms with van der Waals surface area (Å²) in [6, 6.07) is 0.0687. The zero-order chi connectivity index (χ0) is 12.4. The smallest absolute Gasteiger partial charge is 0.114 e. The van der Waals surface area contributed by atoms with Gasteiger partial charge in [0.05, 0.1) is 30.6 Å². The predicted octanol–water partition coefficient (Wildman–Crippen LogP) is 1.68. The molecule has 0 bridgehead atoms. The number of rotatable bonds is 4. The second-order valence-corrected chi connectivity index (χ2v) is 4.24. The van der Waals surface area contributed by atoms with Gasteiger partial charge in [0.2, 0.25) is 0 Å². The van der Waals surface area contributed by atoms with Gasteiger partial charge in [-0.3, -0.25) is 4.98 Å². The molecule has 0 spiro atoms. The van der Waals surface area contributed by atoms with E-state index < -0.39 is 0 Å². The van der Waals surface area contributed by atoms with Crippen LogP contribution in [0.5, 0.6) is 0 Å². The van der Waals surface area contributed by atoms with Gasteiger partial charge in [-0.1, -0.05) is 6.92 Å². The van der Waals surface area contributed by atoms with Gasteiger partial charge in [-0.25, -0.2) is 4.52 Å². The maximum absolute atomic E-state index is 5.68. The first kappa shape index (κ1) is 11.2. The van der Waals surface area contributed by atoms with Gasteiger partial charge in [0.25, 0.3) is 0 Å². The van der Waals surface area contributed by atoms with Crippen molar-refractivity contribution < 1.29 is 4.74 Å². The van der Waals surface area contributed by atoms with Crippen molar-refractivity contribution in [2.24, 2.45) is 0 Å². The molecule has 1 aliphatic heterocycles. The lowest BCUT2D eigenvalue weighted by atomic mass is 10.1. The van der Waals surface area contributed by atoms with Crippen LogP contribution in [0.25, 0.3) is 5.52 Å². The van der Waals surface area contributed by atoms with Crippen LogP contribution in [0.3, 0.4) is 0 Å². The fourth-order valence-electron chi connectivity index (χ4n) is 2.28. The number of likely N-dealkylation sites (N-methyl/N-ethyl adjacent to an activating group) is 1. The van der Waals surface area contributed by atoms with Crippen molar-refractivity contribution in [1.29, 1.82) is 0 Å². The molecule has 5 nitrogen and oxygen atoms in total. The Kier molecular flexibility index (Phi) is 2.98. The third-order valence-electron chi connectivity index (χ3n) is 3.09. The Balaban J connectivity index is 2.03. The van der Waals surface area contributed by atoms with Crippen LogP contribution >= 0.6 is 0 Å². The standard InChI is InChI=1S/C13H16N4O/c1-2-15-13(12-4-3-7-18-12)10-8-16-17-6-5-14-9-11(10)17/h4-6,8-9,13,15H,2-3,7H2,1H3. The van der Waals surface area contributed by atoms with Crippen molar-refractivity contribution in [3.8, 4) is 0 Å². The molecule has 3 rings (SSSR count). The topological polar surface area (TPSA) is 51.5 Å². The molecule has 1 N–H and O–H groups in total. The van der Waals surface area contributed by atoms with E-state index in [2.05, 4.69) is 28.4 Å². The van der Waals surface area contributed by atoms with Crippen LogP contribution in [0.15, 0.2) is 36.6 Å². The molecule has 94 valence electrons. The van der Waals surface area contributed by atoms with Crippen molar-refractivity contribution in [2.45, 2.75) is 19.4 Å². The van der Waals surface area contributed by atoms with Crippen molar-refractivity contribution >= 4 is 5.52 Å². The Morgan fingerprint density at radius 1 is 1.50 bits per heavy atom. The lowest BCUT2D eigenvalue weighted by molar-refractivity contribution is 0.216. The van der Waals surface area contributed by atoms with Gasteiger partial charge in [-0.15, -0.1) is 0 Å². The Morgan fingerprint density at radius 2 is 2.44 bits per heavy atom. The molecule has 5 heteroatoms. The molecule has 0 radical (unpaired) electrons. The third kappa shape index (κ3) is 1.86. The summed E-state index contributed by atoms with van der Waals surface area (Å²) < 4.78 is 7.52. The summed E-state index contributed by atoms with van der Waals surface area (Å²) in [7, 11) is 0. The molecular weight excluding hydrogens is 228 g/mol. The molecule has 0 saturated heterocycles. The van der Waals surface area contributed by atoms with E-state index in [4.69, 9.17) is 4.74 Å². The molecular formula is C13H16N4O. The number of fused-ring (bicyclic) bond motifs is 1. The monoisotopic (exact) mass is 244 g/mol. The summed E-state index contributed by atoms with van der Waals surface area (Å²) in [5, 5.41) is 7.79. The van der Waals surface area contributed by atoms with E-state index in [1.807, 2.05) is 23.1 Å². The molecule has 1 unspecified atom stereocenters. The Bertz CT molecular complexity index is 575. The average Bonchev–Trinajstić information content (AvgIpc) is 3.06. The minimum absolute atomic E-state index is 0.0687. The number of hydrogen-bond donors (Lipinski definition) is 1. The highest BCUT2D eigenvalue weighted by atomic mass is 16.5. The second kappa shape index (κ2) is 4.78. The largest absolute Gasteiger partial charge is 0.496 e. The highest BCUT2D eigenvalue weighted by molar-refractivity contribution is 5.54. The average molecular weight is 244 g/mol. The summed E-state index contributed by atoms with van der Waals surface area (Å²) in [6.45, 7) is 3.74. The van der Waals surface area contributed by atoms with Gasteiger partial charge in [0.1, 0.15) is 5.76 Å². The maximum Gasteiger partial charge on any atom is 0.114 e.